The first kappa shape index (κ1) is 17.4. The molecule has 0 N–H and O–H groups in total. The SMILES string of the molecule is CCC.CCC1CC(CCN(C)CC)CC(=O)O1. The number of hydrogen-bond donors (Lipinski definition) is 0. The molecule has 0 aromatic heterocycles. The molecule has 0 saturated carbocycles. The van der Waals surface area contributed by atoms with Gasteiger partial charge in [0.25, 0.3) is 0 Å². The Morgan fingerprint density at radius 2 is 1.89 bits per heavy atom. The van der Waals surface area contributed by atoms with E-state index in [2.05, 4.69) is 39.6 Å². The normalized spacial score (nSPS) is 23.3. The summed E-state index contributed by atoms with van der Waals surface area (Å²) in [5.41, 5.74) is 0. The molecule has 0 radical (unpaired) electrons. The van der Waals surface area contributed by atoms with Gasteiger partial charge in [-0.15, -0.1) is 0 Å². The largest absolute Gasteiger partial charge is 0.462 e. The van der Waals surface area contributed by atoms with Crippen LogP contribution in [0.25, 0.3) is 0 Å². The van der Waals surface area contributed by atoms with Gasteiger partial charge < -0.3 is 9.64 Å². The Labute approximate surface area is 113 Å². The lowest BCUT2D eigenvalue weighted by molar-refractivity contribution is -0.157. The first-order valence-electron chi connectivity index (χ1n) is 7.45. The van der Waals surface area contributed by atoms with Crippen molar-refractivity contribution in [2.75, 3.05) is 20.1 Å². The Hall–Kier alpha value is -0.570. The summed E-state index contributed by atoms with van der Waals surface area (Å²) in [4.78, 5) is 13.6. The van der Waals surface area contributed by atoms with E-state index in [1.807, 2.05) is 0 Å². The summed E-state index contributed by atoms with van der Waals surface area (Å²) < 4.78 is 5.25. The third-order valence-corrected chi connectivity index (χ3v) is 3.26. The third-order valence-electron chi connectivity index (χ3n) is 3.26. The number of esters is 1. The predicted molar refractivity (Wildman–Crippen MR) is 76.6 cm³/mol. The number of rotatable bonds is 5. The lowest BCUT2D eigenvalue weighted by Gasteiger charge is -2.29. The fourth-order valence-electron chi connectivity index (χ4n) is 2.00. The second-order valence-electron chi connectivity index (χ2n) is 5.22. The van der Waals surface area contributed by atoms with Crippen molar-refractivity contribution in [3.05, 3.63) is 0 Å². The number of hydrogen-bond acceptors (Lipinski definition) is 3. The topological polar surface area (TPSA) is 29.5 Å². The Balaban J connectivity index is 0.000000873. The highest BCUT2D eigenvalue weighted by molar-refractivity contribution is 5.70. The summed E-state index contributed by atoms with van der Waals surface area (Å²) >= 11 is 0. The van der Waals surface area contributed by atoms with Crippen LogP contribution in [0, 0.1) is 5.92 Å². The van der Waals surface area contributed by atoms with E-state index in [0.717, 1.165) is 32.4 Å². The van der Waals surface area contributed by atoms with Crippen LogP contribution in [0.3, 0.4) is 0 Å². The minimum absolute atomic E-state index is 0.00254. The molecular formula is C15H31NO2. The first-order valence-corrected chi connectivity index (χ1v) is 7.45. The van der Waals surface area contributed by atoms with Crippen molar-refractivity contribution in [2.24, 2.45) is 5.92 Å². The average molecular weight is 257 g/mol. The molecule has 1 fully saturated rings. The Morgan fingerprint density at radius 3 is 2.39 bits per heavy atom. The van der Waals surface area contributed by atoms with Gasteiger partial charge in [0, 0.05) is 6.42 Å². The van der Waals surface area contributed by atoms with Crippen molar-refractivity contribution in [1.29, 1.82) is 0 Å². The van der Waals surface area contributed by atoms with Gasteiger partial charge >= 0.3 is 5.97 Å². The minimum atomic E-state index is -0.00254. The number of nitrogens with zero attached hydrogens (tertiary/aromatic N) is 1. The van der Waals surface area contributed by atoms with Crippen LogP contribution in [-0.2, 0) is 9.53 Å². The number of carbonyl (C=O) groups excluding carboxylic acids is 1. The third kappa shape index (κ3) is 7.70. The van der Waals surface area contributed by atoms with Gasteiger partial charge in [-0.1, -0.05) is 34.1 Å². The second kappa shape index (κ2) is 10.4. The van der Waals surface area contributed by atoms with Crippen LogP contribution in [0.15, 0.2) is 0 Å². The van der Waals surface area contributed by atoms with Gasteiger partial charge in [0.05, 0.1) is 0 Å². The van der Waals surface area contributed by atoms with Crippen molar-refractivity contribution in [3.63, 3.8) is 0 Å². The van der Waals surface area contributed by atoms with E-state index in [0.29, 0.717) is 12.3 Å². The van der Waals surface area contributed by atoms with Crippen molar-refractivity contribution >= 4 is 5.97 Å². The van der Waals surface area contributed by atoms with Gasteiger partial charge in [-0.2, -0.15) is 0 Å². The smallest absolute Gasteiger partial charge is 0.306 e. The van der Waals surface area contributed by atoms with Crippen LogP contribution < -0.4 is 0 Å². The molecule has 1 saturated heterocycles. The zero-order chi connectivity index (χ0) is 14.0. The van der Waals surface area contributed by atoms with Crippen molar-refractivity contribution in [3.8, 4) is 0 Å². The lowest BCUT2D eigenvalue weighted by Crippen LogP contribution is -2.31. The van der Waals surface area contributed by atoms with E-state index in [4.69, 9.17) is 4.74 Å². The Kier molecular flexibility index (Phi) is 10.0. The van der Waals surface area contributed by atoms with Crippen molar-refractivity contribution in [2.45, 2.75) is 65.9 Å². The zero-order valence-corrected chi connectivity index (χ0v) is 12.9. The molecule has 0 aliphatic carbocycles. The average Bonchev–Trinajstić information content (AvgIpc) is 2.36. The molecule has 1 aliphatic heterocycles. The van der Waals surface area contributed by atoms with Crippen LogP contribution in [0.4, 0.5) is 0 Å². The number of carbonyl (C=O) groups is 1. The van der Waals surface area contributed by atoms with Crippen LogP contribution in [0.2, 0.25) is 0 Å². The molecule has 0 amide bonds. The molecule has 1 heterocycles. The lowest BCUT2D eigenvalue weighted by atomic mass is 9.91. The van der Waals surface area contributed by atoms with Gasteiger partial charge in [0.15, 0.2) is 0 Å². The molecular weight excluding hydrogens is 226 g/mol. The maximum Gasteiger partial charge on any atom is 0.306 e. The highest BCUT2D eigenvalue weighted by atomic mass is 16.5. The molecule has 108 valence electrons. The molecule has 0 spiro atoms. The van der Waals surface area contributed by atoms with Gasteiger partial charge in [0.2, 0.25) is 0 Å². The fraction of sp³-hybridized carbons (Fsp3) is 0.933. The monoisotopic (exact) mass is 257 g/mol. The van der Waals surface area contributed by atoms with Crippen LogP contribution in [0.1, 0.15) is 59.8 Å². The van der Waals surface area contributed by atoms with E-state index in [1.54, 1.807) is 0 Å². The predicted octanol–water partition coefficient (Wildman–Crippen LogP) is 3.48. The first-order chi connectivity index (χ1) is 8.57. The second-order valence-corrected chi connectivity index (χ2v) is 5.22. The summed E-state index contributed by atoms with van der Waals surface area (Å²) in [6.45, 7) is 10.7. The molecule has 0 aromatic carbocycles. The van der Waals surface area contributed by atoms with Crippen LogP contribution in [-0.4, -0.2) is 37.1 Å². The summed E-state index contributed by atoms with van der Waals surface area (Å²) in [6, 6.07) is 0. The molecule has 3 nitrogen and oxygen atoms in total. The minimum Gasteiger partial charge on any atom is -0.462 e. The quantitative estimate of drug-likeness (QED) is 0.706. The molecule has 18 heavy (non-hydrogen) atoms. The maximum absolute atomic E-state index is 11.3. The van der Waals surface area contributed by atoms with Crippen LogP contribution in [0.5, 0.6) is 0 Å². The molecule has 2 unspecified atom stereocenters. The molecule has 0 aromatic rings. The van der Waals surface area contributed by atoms with E-state index < -0.39 is 0 Å². The molecule has 3 heteroatoms. The fourth-order valence-corrected chi connectivity index (χ4v) is 2.00. The molecule has 2 atom stereocenters. The number of cyclic esters (lactones) is 1. The maximum atomic E-state index is 11.3. The van der Waals surface area contributed by atoms with Crippen molar-refractivity contribution in [1.82, 2.24) is 4.90 Å². The van der Waals surface area contributed by atoms with E-state index >= 15 is 0 Å². The van der Waals surface area contributed by atoms with E-state index in [1.165, 1.54) is 6.42 Å². The van der Waals surface area contributed by atoms with E-state index in [-0.39, 0.29) is 12.1 Å². The molecule has 1 rings (SSSR count). The van der Waals surface area contributed by atoms with E-state index in [9.17, 15) is 4.79 Å². The number of ether oxygens (including phenoxy) is 1. The zero-order valence-electron chi connectivity index (χ0n) is 12.9. The Bertz CT molecular complexity index is 219. The highest BCUT2D eigenvalue weighted by Gasteiger charge is 2.27. The van der Waals surface area contributed by atoms with Gasteiger partial charge in [-0.05, 0) is 45.3 Å². The van der Waals surface area contributed by atoms with Gasteiger partial charge in [-0.25, -0.2) is 0 Å². The van der Waals surface area contributed by atoms with Gasteiger partial charge in [0.1, 0.15) is 6.10 Å². The summed E-state index contributed by atoms with van der Waals surface area (Å²) in [7, 11) is 2.12. The summed E-state index contributed by atoms with van der Waals surface area (Å²) in [5.74, 6) is 0.530. The highest BCUT2D eigenvalue weighted by Crippen LogP contribution is 2.25. The summed E-state index contributed by atoms with van der Waals surface area (Å²) in [5, 5.41) is 0. The molecule has 1 aliphatic rings. The summed E-state index contributed by atoms with van der Waals surface area (Å²) in [6.07, 6.45) is 5.17. The van der Waals surface area contributed by atoms with Crippen LogP contribution >= 0.6 is 0 Å². The molecule has 0 bridgehead atoms. The van der Waals surface area contributed by atoms with Gasteiger partial charge in [-0.3, -0.25) is 4.79 Å². The standard InChI is InChI=1S/C12H23NO2.C3H8/c1-4-11-8-10(9-12(14)15-11)6-7-13(3)5-2;1-3-2/h10-11H,4-9H2,1-3H3;3H2,1-2H3. The van der Waals surface area contributed by atoms with Crippen molar-refractivity contribution < 1.29 is 9.53 Å². The Morgan fingerprint density at radius 1 is 1.28 bits per heavy atom.